The third-order valence-electron chi connectivity index (χ3n) is 3.39. The van der Waals surface area contributed by atoms with E-state index in [2.05, 4.69) is 4.98 Å². The summed E-state index contributed by atoms with van der Waals surface area (Å²) in [5.41, 5.74) is 1.72. The normalized spacial score (nSPS) is 11.9. The third kappa shape index (κ3) is 3.22. The van der Waals surface area contributed by atoms with Crippen LogP contribution in [0.2, 0.25) is 0 Å². The Bertz CT molecular complexity index is 685. The number of carboxylic acid groups (broad SMARTS) is 1. The molecule has 0 radical (unpaired) electrons. The minimum atomic E-state index is -1.09. The van der Waals surface area contributed by atoms with Crippen LogP contribution in [0.5, 0.6) is 0 Å². The molecule has 1 atom stereocenters. The van der Waals surface area contributed by atoms with Crippen LogP contribution in [0, 0.1) is 17.0 Å². The SMILES string of the molecule is Cc1ccccc1CC(C(=O)O)c1ccncc1[N+](=O)[O-]. The number of nitrogens with zero attached hydrogens (tertiary/aromatic N) is 2. The Morgan fingerprint density at radius 3 is 2.71 bits per heavy atom. The molecule has 0 aliphatic carbocycles. The highest BCUT2D eigenvalue weighted by atomic mass is 16.6. The molecule has 0 aliphatic rings. The lowest BCUT2D eigenvalue weighted by Gasteiger charge is -2.14. The molecule has 108 valence electrons. The first kappa shape index (κ1) is 14.6. The van der Waals surface area contributed by atoms with E-state index in [0.717, 1.165) is 17.3 Å². The van der Waals surface area contributed by atoms with Gasteiger partial charge in [0.2, 0.25) is 0 Å². The highest BCUT2D eigenvalue weighted by Crippen LogP contribution is 2.29. The molecule has 1 N–H and O–H groups in total. The summed E-state index contributed by atoms with van der Waals surface area (Å²) in [5.74, 6) is -2.07. The quantitative estimate of drug-likeness (QED) is 0.673. The van der Waals surface area contributed by atoms with Gasteiger partial charge in [-0.05, 0) is 30.5 Å². The van der Waals surface area contributed by atoms with Crippen LogP contribution in [0.1, 0.15) is 22.6 Å². The zero-order valence-electron chi connectivity index (χ0n) is 11.4. The second-order valence-corrected chi connectivity index (χ2v) is 4.71. The molecule has 0 aliphatic heterocycles. The second kappa shape index (κ2) is 6.13. The predicted octanol–water partition coefficient (Wildman–Crippen LogP) is 2.71. The van der Waals surface area contributed by atoms with Crippen molar-refractivity contribution in [3.63, 3.8) is 0 Å². The molecule has 1 heterocycles. The maximum Gasteiger partial charge on any atom is 0.311 e. The lowest BCUT2D eigenvalue weighted by Crippen LogP contribution is -2.16. The first-order chi connectivity index (χ1) is 10.0. The summed E-state index contributed by atoms with van der Waals surface area (Å²) in [6, 6.07) is 8.80. The van der Waals surface area contributed by atoms with E-state index >= 15 is 0 Å². The van der Waals surface area contributed by atoms with Crippen LogP contribution in [-0.2, 0) is 11.2 Å². The van der Waals surface area contributed by atoms with Gasteiger partial charge in [0.15, 0.2) is 0 Å². The van der Waals surface area contributed by atoms with Gasteiger partial charge in [0, 0.05) is 11.8 Å². The number of rotatable bonds is 5. The Hall–Kier alpha value is -2.76. The molecule has 6 heteroatoms. The molecule has 2 rings (SSSR count). The number of aryl methyl sites for hydroxylation is 1. The van der Waals surface area contributed by atoms with E-state index in [9.17, 15) is 20.0 Å². The van der Waals surface area contributed by atoms with Gasteiger partial charge in [-0.3, -0.25) is 19.9 Å². The minimum absolute atomic E-state index is 0.172. The average Bonchev–Trinajstić information content (AvgIpc) is 2.46. The standard InChI is InChI=1S/C15H14N2O4/c1-10-4-2-3-5-11(10)8-13(15(18)19)12-6-7-16-9-14(12)17(20)21/h2-7,9,13H,8H2,1H3,(H,18,19). The van der Waals surface area contributed by atoms with E-state index < -0.39 is 16.8 Å². The van der Waals surface area contributed by atoms with Crippen molar-refractivity contribution >= 4 is 11.7 Å². The Morgan fingerprint density at radius 1 is 1.38 bits per heavy atom. The number of carboxylic acids is 1. The number of hydrogen-bond acceptors (Lipinski definition) is 4. The molecule has 21 heavy (non-hydrogen) atoms. The van der Waals surface area contributed by atoms with Crippen LogP contribution in [0.15, 0.2) is 42.7 Å². The molecular weight excluding hydrogens is 272 g/mol. The summed E-state index contributed by atoms with van der Waals surface area (Å²) >= 11 is 0. The maximum atomic E-state index is 11.5. The Balaban J connectivity index is 2.44. The lowest BCUT2D eigenvalue weighted by atomic mass is 9.90. The smallest absolute Gasteiger partial charge is 0.311 e. The fourth-order valence-electron chi connectivity index (χ4n) is 2.23. The first-order valence-electron chi connectivity index (χ1n) is 6.36. The summed E-state index contributed by atoms with van der Waals surface area (Å²) in [7, 11) is 0. The van der Waals surface area contributed by atoms with Crippen molar-refractivity contribution in [3.05, 3.63) is 69.5 Å². The van der Waals surface area contributed by atoms with E-state index in [4.69, 9.17) is 0 Å². The van der Waals surface area contributed by atoms with Crippen LogP contribution in [0.4, 0.5) is 5.69 Å². The second-order valence-electron chi connectivity index (χ2n) is 4.71. The average molecular weight is 286 g/mol. The van der Waals surface area contributed by atoms with Gasteiger partial charge in [-0.2, -0.15) is 0 Å². The number of benzene rings is 1. The number of hydrogen-bond donors (Lipinski definition) is 1. The highest BCUT2D eigenvalue weighted by Gasteiger charge is 2.28. The zero-order valence-corrected chi connectivity index (χ0v) is 11.4. The molecule has 0 amide bonds. The maximum absolute atomic E-state index is 11.5. The molecular formula is C15H14N2O4. The molecule has 0 spiro atoms. The monoisotopic (exact) mass is 286 g/mol. The summed E-state index contributed by atoms with van der Waals surface area (Å²) in [6.07, 6.45) is 2.66. The number of pyridine rings is 1. The fraction of sp³-hybridized carbons (Fsp3) is 0.200. The van der Waals surface area contributed by atoms with Gasteiger partial charge in [0.25, 0.3) is 5.69 Å². The van der Waals surface area contributed by atoms with Crippen molar-refractivity contribution in [2.24, 2.45) is 0 Å². The summed E-state index contributed by atoms with van der Waals surface area (Å²) in [4.78, 5) is 25.7. The Labute approximate surface area is 121 Å². The Morgan fingerprint density at radius 2 is 2.10 bits per heavy atom. The van der Waals surface area contributed by atoms with Crippen LogP contribution >= 0.6 is 0 Å². The van der Waals surface area contributed by atoms with Crippen molar-refractivity contribution in [2.75, 3.05) is 0 Å². The molecule has 0 fully saturated rings. The largest absolute Gasteiger partial charge is 0.481 e. The van der Waals surface area contributed by atoms with Crippen molar-refractivity contribution in [2.45, 2.75) is 19.3 Å². The predicted molar refractivity (Wildman–Crippen MR) is 76.2 cm³/mol. The first-order valence-corrected chi connectivity index (χ1v) is 6.36. The number of carbonyl (C=O) groups is 1. The van der Waals surface area contributed by atoms with Gasteiger partial charge in [-0.15, -0.1) is 0 Å². The van der Waals surface area contributed by atoms with Gasteiger partial charge in [0.1, 0.15) is 6.20 Å². The van der Waals surface area contributed by atoms with E-state index in [1.165, 1.54) is 12.3 Å². The summed E-state index contributed by atoms with van der Waals surface area (Å²) < 4.78 is 0. The van der Waals surface area contributed by atoms with Gasteiger partial charge >= 0.3 is 5.97 Å². The van der Waals surface area contributed by atoms with Gasteiger partial charge in [-0.25, -0.2) is 0 Å². The fourth-order valence-corrected chi connectivity index (χ4v) is 2.23. The molecule has 0 bridgehead atoms. The van der Waals surface area contributed by atoms with Gasteiger partial charge in [-0.1, -0.05) is 24.3 Å². The molecule has 1 unspecified atom stereocenters. The molecule has 2 aromatic rings. The van der Waals surface area contributed by atoms with Crippen LogP contribution in [0.3, 0.4) is 0 Å². The van der Waals surface area contributed by atoms with Crippen LogP contribution in [0.25, 0.3) is 0 Å². The number of aromatic nitrogens is 1. The molecule has 0 saturated heterocycles. The van der Waals surface area contributed by atoms with Crippen molar-refractivity contribution in [1.29, 1.82) is 0 Å². The van der Waals surface area contributed by atoms with Crippen LogP contribution < -0.4 is 0 Å². The van der Waals surface area contributed by atoms with Gasteiger partial charge < -0.3 is 5.11 Å². The molecule has 0 saturated carbocycles. The van der Waals surface area contributed by atoms with E-state index in [-0.39, 0.29) is 17.7 Å². The minimum Gasteiger partial charge on any atom is -0.481 e. The number of aliphatic carboxylic acids is 1. The van der Waals surface area contributed by atoms with Crippen molar-refractivity contribution in [1.82, 2.24) is 4.98 Å². The Kier molecular flexibility index (Phi) is 4.27. The third-order valence-corrected chi connectivity index (χ3v) is 3.39. The zero-order chi connectivity index (χ0) is 15.4. The van der Waals surface area contributed by atoms with E-state index in [1.54, 1.807) is 0 Å². The van der Waals surface area contributed by atoms with E-state index in [1.807, 2.05) is 31.2 Å². The lowest BCUT2D eigenvalue weighted by molar-refractivity contribution is -0.386. The molecule has 1 aromatic heterocycles. The number of nitro groups is 1. The van der Waals surface area contributed by atoms with E-state index in [0.29, 0.717) is 0 Å². The summed E-state index contributed by atoms with van der Waals surface area (Å²) in [5, 5.41) is 20.5. The van der Waals surface area contributed by atoms with Gasteiger partial charge in [0.05, 0.1) is 10.8 Å². The topological polar surface area (TPSA) is 93.3 Å². The molecule has 6 nitrogen and oxygen atoms in total. The molecule has 1 aromatic carbocycles. The van der Waals surface area contributed by atoms with Crippen molar-refractivity contribution in [3.8, 4) is 0 Å². The highest BCUT2D eigenvalue weighted by molar-refractivity contribution is 5.78. The van der Waals surface area contributed by atoms with Crippen molar-refractivity contribution < 1.29 is 14.8 Å². The van der Waals surface area contributed by atoms with Crippen LogP contribution in [-0.4, -0.2) is 21.0 Å². The summed E-state index contributed by atoms with van der Waals surface area (Å²) in [6.45, 7) is 1.88.